The Hall–Kier alpha value is -0.820. The van der Waals surface area contributed by atoms with Crippen LogP contribution in [0, 0.1) is 0 Å². The van der Waals surface area contributed by atoms with E-state index in [9.17, 15) is 0 Å². The summed E-state index contributed by atoms with van der Waals surface area (Å²) >= 11 is 0. The third-order valence-electron chi connectivity index (χ3n) is 4.61. The Bertz CT molecular complexity index is 509. The lowest BCUT2D eigenvalue weighted by Crippen LogP contribution is -2.35. The van der Waals surface area contributed by atoms with E-state index in [2.05, 4.69) is 51.4 Å². The molecule has 23 heavy (non-hydrogen) atoms. The molecule has 0 unspecified atom stereocenters. The highest BCUT2D eigenvalue weighted by Crippen LogP contribution is 2.14. The summed E-state index contributed by atoms with van der Waals surface area (Å²) in [5.41, 5.74) is 2.78. The number of hydrogen-bond donors (Lipinski definition) is 1. The van der Waals surface area contributed by atoms with Crippen LogP contribution in [-0.4, -0.2) is 49.0 Å². The predicted octanol–water partition coefficient (Wildman–Crippen LogP) is 3.07. The Balaban J connectivity index is 0.00000192. The van der Waals surface area contributed by atoms with Gasteiger partial charge in [0.15, 0.2) is 5.96 Å². The van der Waals surface area contributed by atoms with Crippen LogP contribution in [0.25, 0.3) is 0 Å². The van der Waals surface area contributed by atoms with Crippen molar-refractivity contribution in [2.45, 2.75) is 38.8 Å². The first-order valence-electron chi connectivity index (χ1n) is 8.61. The van der Waals surface area contributed by atoms with E-state index >= 15 is 0 Å². The maximum Gasteiger partial charge on any atom is 0.194 e. The van der Waals surface area contributed by atoms with Gasteiger partial charge in [0.25, 0.3) is 0 Å². The van der Waals surface area contributed by atoms with Crippen molar-refractivity contribution in [3.63, 3.8) is 0 Å². The second kappa shape index (κ2) is 9.47. The van der Waals surface area contributed by atoms with Gasteiger partial charge in [0.05, 0.1) is 6.54 Å². The number of guanidine groups is 1. The van der Waals surface area contributed by atoms with Gasteiger partial charge in [-0.1, -0.05) is 37.1 Å². The van der Waals surface area contributed by atoms with Gasteiger partial charge in [-0.15, -0.1) is 24.0 Å². The molecule has 2 heterocycles. The smallest absolute Gasteiger partial charge is 0.194 e. The summed E-state index contributed by atoms with van der Waals surface area (Å²) in [6.07, 6.45) is 5.51. The van der Waals surface area contributed by atoms with E-state index in [0.29, 0.717) is 0 Å². The molecule has 0 bridgehead atoms. The minimum Gasteiger partial charge on any atom is -0.352 e. The number of benzene rings is 1. The molecule has 5 heteroatoms. The lowest BCUT2D eigenvalue weighted by molar-refractivity contribution is 0.277. The predicted molar refractivity (Wildman–Crippen MR) is 107 cm³/mol. The third kappa shape index (κ3) is 5.64. The number of rotatable bonds is 4. The number of likely N-dealkylation sites (tertiary alicyclic amines) is 1. The molecule has 0 aliphatic carbocycles. The van der Waals surface area contributed by atoms with Crippen molar-refractivity contribution in [3.05, 3.63) is 35.4 Å². The van der Waals surface area contributed by atoms with Crippen molar-refractivity contribution in [2.75, 3.05) is 33.2 Å². The standard InChI is InChI=1S/C18H28N4.HI/c1-21-12-9-19-18(21)20-14-16-7-6-8-17(13-16)15-22-10-4-2-3-5-11-22;/h6-8,13H,2-5,9-12,14-15H2,1H3,(H,19,20);1H. The van der Waals surface area contributed by atoms with Crippen LogP contribution in [0.2, 0.25) is 0 Å². The van der Waals surface area contributed by atoms with Gasteiger partial charge in [-0.2, -0.15) is 0 Å². The third-order valence-corrected chi connectivity index (χ3v) is 4.61. The topological polar surface area (TPSA) is 30.9 Å². The highest BCUT2D eigenvalue weighted by molar-refractivity contribution is 14.0. The van der Waals surface area contributed by atoms with Crippen molar-refractivity contribution >= 4 is 29.9 Å². The second-order valence-corrected chi connectivity index (χ2v) is 6.49. The molecular weight excluding hydrogens is 399 g/mol. The summed E-state index contributed by atoms with van der Waals surface area (Å²) in [6.45, 7) is 6.39. The zero-order chi connectivity index (χ0) is 15.2. The van der Waals surface area contributed by atoms with Crippen LogP contribution in [0.3, 0.4) is 0 Å². The van der Waals surface area contributed by atoms with Crippen molar-refractivity contribution < 1.29 is 0 Å². The average Bonchev–Trinajstić information content (AvgIpc) is 2.77. The van der Waals surface area contributed by atoms with E-state index in [1.165, 1.54) is 49.9 Å². The molecule has 1 aromatic rings. The zero-order valence-corrected chi connectivity index (χ0v) is 16.5. The highest BCUT2D eigenvalue weighted by Gasteiger charge is 2.12. The maximum absolute atomic E-state index is 4.48. The van der Waals surface area contributed by atoms with Crippen LogP contribution in [0.4, 0.5) is 0 Å². The van der Waals surface area contributed by atoms with Crippen LogP contribution >= 0.6 is 24.0 Å². The molecule has 1 aromatic carbocycles. The monoisotopic (exact) mass is 428 g/mol. The fourth-order valence-corrected chi connectivity index (χ4v) is 3.29. The normalized spacial score (nSPS) is 19.0. The Morgan fingerprint density at radius 3 is 2.48 bits per heavy atom. The van der Waals surface area contributed by atoms with Crippen LogP contribution in [0.5, 0.6) is 0 Å². The van der Waals surface area contributed by atoms with Crippen LogP contribution in [0.1, 0.15) is 36.8 Å². The molecule has 0 amide bonds. The van der Waals surface area contributed by atoms with Gasteiger partial charge in [-0.25, -0.2) is 0 Å². The Morgan fingerprint density at radius 2 is 1.78 bits per heavy atom. The van der Waals surface area contributed by atoms with Gasteiger partial charge in [0.1, 0.15) is 0 Å². The summed E-state index contributed by atoms with van der Waals surface area (Å²) in [5.74, 6) is 1.03. The van der Waals surface area contributed by atoms with Crippen LogP contribution in [-0.2, 0) is 13.1 Å². The SMILES string of the molecule is CN1CCN=C1NCc1cccc(CN2CCCCCC2)c1.I. The summed E-state index contributed by atoms with van der Waals surface area (Å²) < 4.78 is 0. The van der Waals surface area contributed by atoms with E-state index in [1.807, 2.05) is 0 Å². The van der Waals surface area contributed by atoms with Crippen molar-refractivity contribution in [2.24, 2.45) is 4.99 Å². The fourth-order valence-electron chi connectivity index (χ4n) is 3.29. The number of nitrogens with zero attached hydrogens (tertiary/aromatic N) is 3. The number of aliphatic imine (C=N–C) groups is 1. The van der Waals surface area contributed by atoms with E-state index in [0.717, 1.165) is 32.1 Å². The van der Waals surface area contributed by atoms with Gasteiger partial charge in [0, 0.05) is 26.7 Å². The lowest BCUT2D eigenvalue weighted by atomic mass is 10.1. The molecule has 4 nitrogen and oxygen atoms in total. The largest absolute Gasteiger partial charge is 0.352 e. The summed E-state index contributed by atoms with van der Waals surface area (Å²) in [5, 5.41) is 3.45. The molecule has 128 valence electrons. The molecule has 0 aromatic heterocycles. The first-order chi connectivity index (χ1) is 10.8. The maximum atomic E-state index is 4.48. The quantitative estimate of drug-likeness (QED) is 0.748. The minimum atomic E-state index is 0. The highest BCUT2D eigenvalue weighted by atomic mass is 127. The first kappa shape index (κ1) is 18.5. The summed E-state index contributed by atoms with van der Waals surface area (Å²) in [6, 6.07) is 8.99. The van der Waals surface area contributed by atoms with Gasteiger partial charge >= 0.3 is 0 Å². The molecular formula is C18H29IN4. The minimum absolute atomic E-state index is 0. The molecule has 0 radical (unpaired) electrons. The van der Waals surface area contributed by atoms with Gasteiger partial charge < -0.3 is 10.2 Å². The van der Waals surface area contributed by atoms with Crippen molar-refractivity contribution in [1.29, 1.82) is 0 Å². The molecule has 0 saturated carbocycles. The Morgan fingerprint density at radius 1 is 1.04 bits per heavy atom. The first-order valence-corrected chi connectivity index (χ1v) is 8.61. The second-order valence-electron chi connectivity index (χ2n) is 6.49. The molecule has 0 atom stereocenters. The van der Waals surface area contributed by atoms with E-state index in [4.69, 9.17) is 0 Å². The zero-order valence-electron chi connectivity index (χ0n) is 14.1. The van der Waals surface area contributed by atoms with Gasteiger partial charge in [-0.05, 0) is 37.1 Å². The Labute approximate surface area is 157 Å². The molecule has 1 saturated heterocycles. The van der Waals surface area contributed by atoms with Crippen molar-refractivity contribution in [1.82, 2.24) is 15.1 Å². The van der Waals surface area contributed by atoms with Gasteiger partial charge in [0.2, 0.25) is 0 Å². The molecule has 1 fully saturated rings. The molecule has 2 aliphatic rings. The number of nitrogens with one attached hydrogen (secondary N) is 1. The Kier molecular flexibility index (Phi) is 7.62. The van der Waals surface area contributed by atoms with E-state index in [1.54, 1.807) is 0 Å². The lowest BCUT2D eigenvalue weighted by Gasteiger charge is -2.20. The van der Waals surface area contributed by atoms with E-state index in [-0.39, 0.29) is 24.0 Å². The molecule has 1 N–H and O–H groups in total. The number of hydrogen-bond acceptors (Lipinski definition) is 4. The van der Waals surface area contributed by atoms with Crippen molar-refractivity contribution in [3.8, 4) is 0 Å². The molecule has 3 rings (SSSR count). The summed E-state index contributed by atoms with van der Waals surface area (Å²) in [4.78, 5) is 9.27. The van der Waals surface area contributed by atoms with E-state index < -0.39 is 0 Å². The number of likely N-dealkylation sites (N-methyl/N-ethyl adjacent to an activating group) is 1. The molecule has 2 aliphatic heterocycles. The summed E-state index contributed by atoms with van der Waals surface area (Å²) in [7, 11) is 2.09. The van der Waals surface area contributed by atoms with Crippen LogP contribution < -0.4 is 5.32 Å². The van der Waals surface area contributed by atoms with Crippen LogP contribution in [0.15, 0.2) is 29.3 Å². The fraction of sp³-hybridized carbons (Fsp3) is 0.611. The number of halogens is 1. The van der Waals surface area contributed by atoms with Gasteiger partial charge in [-0.3, -0.25) is 9.89 Å². The molecule has 0 spiro atoms. The average molecular weight is 428 g/mol.